The highest BCUT2D eigenvalue weighted by molar-refractivity contribution is 9.10. The zero-order chi connectivity index (χ0) is 16.0. The fraction of sp³-hybridized carbons (Fsp3) is 0. The largest absolute Gasteiger partial charge is 0.308 e. The topological polar surface area (TPSA) is 37.4 Å². The molecule has 1 aliphatic rings. The molecule has 23 heavy (non-hydrogen) atoms. The van der Waals surface area contributed by atoms with Crippen molar-refractivity contribution in [3.63, 3.8) is 0 Å². The van der Waals surface area contributed by atoms with E-state index in [0.29, 0.717) is 21.2 Å². The van der Waals surface area contributed by atoms with Gasteiger partial charge in [0.25, 0.3) is 0 Å². The Labute approximate surface area is 143 Å². The number of nitrogens with zero attached hydrogens (tertiary/aromatic N) is 1. The Balaban J connectivity index is 2.10. The molecular weight excluding hydrogens is 374 g/mol. The van der Waals surface area contributed by atoms with E-state index in [2.05, 4.69) is 15.9 Å². The van der Waals surface area contributed by atoms with Gasteiger partial charge in [-0.1, -0.05) is 46.3 Å². The quantitative estimate of drug-likeness (QED) is 0.459. The summed E-state index contributed by atoms with van der Waals surface area (Å²) in [4.78, 5) is 2.63. The average Bonchev–Trinajstić information content (AvgIpc) is 2.57. The second-order valence-corrected chi connectivity index (χ2v) is 8.06. The number of hydrogen-bond donors (Lipinski definition) is 0. The molecule has 0 aliphatic carbocycles. The molecule has 0 saturated carbocycles. The predicted octanol–water partition coefficient (Wildman–Crippen LogP) is 5.07. The molecule has 0 atom stereocenters. The van der Waals surface area contributed by atoms with Gasteiger partial charge in [-0.25, -0.2) is 8.42 Å². The normalized spacial score (nSPS) is 14.9. The van der Waals surface area contributed by atoms with Crippen LogP contribution < -0.4 is 4.90 Å². The van der Waals surface area contributed by atoms with Crippen LogP contribution in [-0.4, -0.2) is 8.42 Å². The molecule has 3 aromatic carbocycles. The standard InChI is InChI=1S/C18H12BrNO2S/c19-13-10-11-16-18(12-13)23(21,22)17-9-5-4-8-15(17)20(16)14-6-2-1-3-7-14/h1-12H. The lowest BCUT2D eigenvalue weighted by molar-refractivity contribution is 0.595. The molecule has 0 spiro atoms. The van der Waals surface area contributed by atoms with E-state index < -0.39 is 9.84 Å². The summed E-state index contributed by atoms with van der Waals surface area (Å²) < 4.78 is 26.7. The maximum Gasteiger partial charge on any atom is 0.210 e. The zero-order valence-corrected chi connectivity index (χ0v) is 14.4. The van der Waals surface area contributed by atoms with Gasteiger partial charge in [0.05, 0.1) is 21.2 Å². The van der Waals surface area contributed by atoms with Crippen LogP contribution in [0, 0.1) is 0 Å². The van der Waals surface area contributed by atoms with E-state index >= 15 is 0 Å². The summed E-state index contributed by atoms with van der Waals surface area (Å²) >= 11 is 3.38. The first-order valence-electron chi connectivity index (χ1n) is 7.08. The van der Waals surface area contributed by atoms with E-state index in [9.17, 15) is 8.42 Å². The van der Waals surface area contributed by atoms with Crippen molar-refractivity contribution >= 4 is 42.8 Å². The van der Waals surface area contributed by atoms with Gasteiger partial charge in [0, 0.05) is 10.2 Å². The van der Waals surface area contributed by atoms with Crippen molar-refractivity contribution in [3.8, 4) is 0 Å². The van der Waals surface area contributed by atoms with Crippen molar-refractivity contribution in [1.82, 2.24) is 0 Å². The summed E-state index contributed by atoms with van der Waals surface area (Å²) in [5.74, 6) is 0. The lowest BCUT2D eigenvalue weighted by Gasteiger charge is -2.33. The van der Waals surface area contributed by atoms with Crippen molar-refractivity contribution in [2.45, 2.75) is 9.79 Å². The van der Waals surface area contributed by atoms with Gasteiger partial charge in [0.2, 0.25) is 9.84 Å². The monoisotopic (exact) mass is 385 g/mol. The highest BCUT2D eigenvalue weighted by Gasteiger charge is 2.34. The van der Waals surface area contributed by atoms with Crippen molar-refractivity contribution < 1.29 is 8.42 Å². The highest BCUT2D eigenvalue weighted by atomic mass is 79.9. The van der Waals surface area contributed by atoms with Crippen LogP contribution in [-0.2, 0) is 9.84 Å². The van der Waals surface area contributed by atoms with Gasteiger partial charge < -0.3 is 4.90 Å². The van der Waals surface area contributed by atoms with E-state index in [1.807, 2.05) is 59.5 Å². The molecule has 0 fully saturated rings. The second-order valence-electron chi connectivity index (χ2n) is 5.25. The van der Waals surface area contributed by atoms with Gasteiger partial charge in [-0.2, -0.15) is 0 Å². The lowest BCUT2D eigenvalue weighted by Crippen LogP contribution is -2.22. The van der Waals surface area contributed by atoms with Crippen LogP contribution in [0.4, 0.5) is 17.1 Å². The van der Waals surface area contributed by atoms with E-state index in [1.54, 1.807) is 18.2 Å². The molecule has 0 N–H and O–H groups in total. The molecule has 0 amide bonds. The number of benzene rings is 3. The first-order chi connectivity index (χ1) is 11.1. The zero-order valence-electron chi connectivity index (χ0n) is 12.0. The maximum atomic E-state index is 13.0. The van der Waals surface area contributed by atoms with E-state index in [-0.39, 0.29) is 0 Å². The van der Waals surface area contributed by atoms with Gasteiger partial charge in [-0.15, -0.1) is 0 Å². The molecule has 0 radical (unpaired) electrons. The Kier molecular flexibility index (Phi) is 3.28. The molecule has 3 nitrogen and oxygen atoms in total. The maximum absolute atomic E-state index is 13.0. The Morgan fingerprint density at radius 2 is 1.39 bits per heavy atom. The van der Waals surface area contributed by atoms with Gasteiger partial charge in [0.1, 0.15) is 0 Å². The van der Waals surface area contributed by atoms with Gasteiger partial charge in [0.15, 0.2) is 0 Å². The predicted molar refractivity (Wildman–Crippen MR) is 94.3 cm³/mol. The van der Waals surface area contributed by atoms with E-state index in [1.165, 1.54) is 0 Å². The third-order valence-corrected chi connectivity index (χ3v) is 6.19. The average molecular weight is 386 g/mol. The Hall–Kier alpha value is -2.11. The van der Waals surface area contributed by atoms with Crippen LogP contribution in [0.1, 0.15) is 0 Å². The Bertz CT molecular complexity index is 1000. The van der Waals surface area contributed by atoms with Crippen LogP contribution >= 0.6 is 15.9 Å². The molecular formula is C18H12BrNO2S. The van der Waals surface area contributed by atoms with Crippen LogP contribution in [0.5, 0.6) is 0 Å². The minimum Gasteiger partial charge on any atom is -0.308 e. The van der Waals surface area contributed by atoms with Crippen LogP contribution in [0.15, 0.2) is 87.1 Å². The number of rotatable bonds is 1. The number of para-hydroxylation sites is 2. The Morgan fingerprint density at radius 1 is 0.739 bits per heavy atom. The van der Waals surface area contributed by atoms with Crippen molar-refractivity contribution in [2.24, 2.45) is 0 Å². The summed E-state index contributed by atoms with van der Waals surface area (Å²) in [6, 6.07) is 22.2. The minimum atomic E-state index is -3.54. The number of halogens is 1. The molecule has 0 bridgehead atoms. The molecule has 114 valence electrons. The molecule has 0 saturated heterocycles. The van der Waals surface area contributed by atoms with Crippen LogP contribution in [0.3, 0.4) is 0 Å². The van der Waals surface area contributed by atoms with Crippen molar-refractivity contribution in [1.29, 1.82) is 0 Å². The smallest absolute Gasteiger partial charge is 0.210 e. The van der Waals surface area contributed by atoms with Crippen LogP contribution in [0.25, 0.3) is 0 Å². The van der Waals surface area contributed by atoms with Crippen molar-refractivity contribution in [3.05, 3.63) is 77.3 Å². The highest BCUT2D eigenvalue weighted by Crippen LogP contribution is 2.48. The third-order valence-electron chi connectivity index (χ3n) is 3.86. The molecule has 0 aromatic heterocycles. The van der Waals surface area contributed by atoms with Gasteiger partial charge >= 0.3 is 0 Å². The minimum absolute atomic E-state index is 0.314. The summed E-state index contributed by atoms with van der Waals surface area (Å²) in [6.45, 7) is 0. The fourth-order valence-corrected chi connectivity index (χ4v) is 5.02. The fourth-order valence-electron chi connectivity index (χ4n) is 2.86. The van der Waals surface area contributed by atoms with Crippen molar-refractivity contribution in [2.75, 3.05) is 4.90 Å². The summed E-state index contributed by atoms with van der Waals surface area (Å²) in [7, 11) is -3.54. The third kappa shape index (κ3) is 2.19. The first-order valence-corrected chi connectivity index (χ1v) is 9.35. The lowest BCUT2D eigenvalue weighted by atomic mass is 10.2. The summed E-state index contributed by atoms with van der Waals surface area (Å²) in [6.07, 6.45) is 0. The summed E-state index contributed by atoms with van der Waals surface area (Å²) in [5, 5.41) is 0. The number of fused-ring (bicyclic) bond motifs is 2. The number of hydrogen-bond acceptors (Lipinski definition) is 3. The molecule has 5 heteroatoms. The molecule has 1 heterocycles. The molecule has 0 unspecified atom stereocenters. The summed E-state index contributed by atoms with van der Waals surface area (Å²) in [5.41, 5.74) is 2.27. The van der Waals surface area contributed by atoms with Gasteiger partial charge in [-0.05, 0) is 42.5 Å². The first kappa shape index (κ1) is 14.5. The number of sulfone groups is 1. The van der Waals surface area contributed by atoms with Gasteiger partial charge in [-0.3, -0.25) is 0 Å². The van der Waals surface area contributed by atoms with E-state index in [4.69, 9.17) is 0 Å². The Morgan fingerprint density at radius 3 is 2.17 bits per heavy atom. The molecule has 4 rings (SSSR count). The number of anilines is 3. The van der Waals surface area contributed by atoms with E-state index in [0.717, 1.165) is 10.2 Å². The SMILES string of the molecule is O=S1(=O)c2ccccc2N(c2ccccc2)c2ccc(Br)cc21. The molecule has 1 aliphatic heterocycles. The van der Waals surface area contributed by atoms with Crippen LogP contribution in [0.2, 0.25) is 0 Å². The molecule has 3 aromatic rings. The second kappa shape index (κ2) is 5.22.